The lowest BCUT2D eigenvalue weighted by atomic mass is 9.93. The lowest BCUT2D eigenvalue weighted by Gasteiger charge is -2.28. The van der Waals surface area contributed by atoms with Gasteiger partial charge in [0.2, 0.25) is 5.91 Å². The fourth-order valence-corrected chi connectivity index (χ4v) is 3.71. The van der Waals surface area contributed by atoms with Crippen molar-refractivity contribution < 1.29 is 9.53 Å². The number of carbonyl (C=O) groups excluding carboxylic acids is 1. The molecule has 3 aliphatic heterocycles. The van der Waals surface area contributed by atoms with E-state index in [0.717, 1.165) is 32.2 Å². The average molecular weight is 272 g/mol. The molecule has 1 amide bonds. The van der Waals surface area contributed by atoms with Crippen molar-refractivity contribution in [2.75, 3.05) is 0 Å². The van der Waals surface area contributed by atoms with Gasteiger partial charge in [-0.25, -0.2) is 0 Å². The van der Waals surface area contributed by atoms with Gasteiger partial charge >= 0.3 is 0 Å². The fourth-order valence-electron chi connectivity index (χ4n) is 3.71. The van der Waals surface area contributed by atoms with Crippen molar-refractivity contribution in [3.05, 3.63) is 35.4 Å². The molecule has 1 aromatic rings. The zero-order valence-corrected chi connectivity index (χ0v) is 11.5. The Morgan fingerprint density at radius 1 is 1.25 bits per heavy atom. The summed E-state index contributed by atoms with van der Waals surface area (Å²) in [6.45, 7) is 0.779. The summed E-state index contributed by atoms with van der Waals surface area (Å²) in [5.41, 5.74) is 2.59. The van der Waals surface area contributed by atoms with E-state index in [-0.39, 0.29) is 24.1 Å². The Hall–Kier alpha value is -1.39. The van der Waals surface area contributed by atoms with Gasteiger partial charge in [0.25, 0.3) is 0 Å². The molecule has 106 valence electrons. The molecule has 2 N–H and O–H groups in total. The summed E-state index contributed by atoms with van der Waals surface area (Å²) in [4.78, 5) is 12.4. The number of fused-ring (bicyclic) bond motifs is 3. The summed E-state index contributed by atoms with van der Waals surface area (Å²) in [5, 5.41) is 6.52. The predicted molar refractivity (Wildman–Crippen MR) is 75.2 cm³/mol. The maximum Gasteiger partial charge on any atom is 0.237 e. The SMILES string of the molecule is O=C(NC1CC2CCC1O2)C1Cc2ccccc2CN1. The van der Waals surface area contributed by atoms with Gasteiger partial charge in [-0.3, -0.25) is 4.79 Å². The van der Waals surface area contributed by atoms with Crippen LogP contribution in [0.1, 0.15) is 30.4 Å². The molecular formula is C16H20N2O2. The molecule has 3 heterocycles. The van der Waals surface area contributed by atoms with Gasteiger partial charge in [-0.1, -0.05) is 24.3 Å². The van der Waals surface area contributed by atoms with E-state index in [9.17, 15) is 4.79 Å². The maximum absolute atomic E-state index is 12.4. The molecule has 0 spiro atoms. The molecule has 2 saturated heterocycles. The third kappa shape index (κ3) is 2.13. The van der Waals surface area contributed by atoms with Crippen LogP contribution in [0.4, 0.5) is 0 Å². The number of carbonyl (C=O) groups is 1. The summed E-state index contributed by atoms with van der Waals surface area (Å²) in [5.74, 6) is 0.126. The van der Waals surface area contributed by atoms with E-state index in [2.05, 4.69) is 22.8 Å². The number of amides is 1. The van der Waals surface area contributed by atoms with Crippen molar-refractivity contribution in [3.8, 4) is 0 Å². The molecule has 4 nitrogen and oxygen atoms in total. The van der Waals surface area contributed by atoms with Crippen LogP contribution in [0.2, 0.25) is 0 Å². The highest BCUT2D eigenvalue weighted by molar-refractivity contribution is 5.82. The Kier molecular flexibility index (Phi) is 3.00. The number of nitrogens with one attached hydrogen (secondary N) is 2. The highest BCUT2D eigenvalue weighted by atomic mass is 16.5. The third-order valence-electron chi connectivity index (χ3n) is 4.83. The van der Waals surface area contributed by atoms with Gasteiger partial charge in [-0.05, 0) is 36.8 Å². The minimum Gasteiger partial charge on any atom is -0.373 e. The molecule has 0 radical (unpaired) electrons. The molecule has 4 atom stereocenters. The highest BCUT2D eigenvalue weighted by Crippen LogP contribution is 2.34. The standard InChI is InChI=1S/C16H20N2O2/c19-16(18-13-8-12-5-6-15(13)20-12)14-7-10-3-1-2-4-11(10)9-17-14/h1-4,12-15,17H,5-9H2,(H,18,19). The van der Waals surface area contributed by atoms with E-state index in [1.807, 2.05) is 12.1 Å². The zero-order valence-electron chi connectivity index (χ0n) is 11.5. The van der Waals surface area contributed by atoms with Crippen LogP contribution in [0.25, 0.3) is 0 Å². The molecule has 2 bridgehead atoms. The van der Waals surface area contributed by atoms with Gasteiger partial charge in [0.1, 0.15) is 0 Å². The summed E-state index contributed by atoms with van der Waals surface area (Å²) < 4.78 is 5.79. The Morgan fingerprint density at radius 3 is 2.85 bits per heavy atom. The van der Waals surface area contributed by atoms with Crippen molar-refractivity contribution in [1.82, 2.24) is 10.6 Å². The van der Waals surface area contributed by atoms with Crippen molar-refractivity contribution in [2.24, 2.45) is 0 Å². The van der Waals surface area contributed by atoms with Gasteiger partial charge in [0.05, 0.1) is 24.3 Å². The number of benzene rings is 1. The van der Waals surface area contributed by atoms with Crippen LogP contribution in [-0.2, 0) is 22.5 Å². The monoisotopic (exact) mass is 272 g/mol. The average Bonchev–Trinajstić information content (AvgIpc) is 3.09. The minimum atomic E-state index is -0.107. The Bertz CT molecular complexity index is 531. The lowest BCUT2D eigenvalue weighted by molar-refractivity contribution is -0.124. The van der Waals surface area contributed by atoms with Crippen LogP contribution in [0.15, 0.2) is 24.3 Å². The Labute approximate surface area is 118 Å². The second-order valence-corrected chi connectivity index (χ2v) is 6.13. The van der Waals surface area contributed by atoms with Crippen LogP contribution in [0, 0.1) is 0 Å². The van der Waals surface area contributed by atoms with E-state index in [0.29, 0.717) is 6.10 Å². The molecule has 4 unspecified atom stereocenters. The molecule has 4 heteroatoms. The van der Waals surface area contributed by atoms with Gasteiger partial charge in [-0.15, -0.1) is 0 Å². The first-order valence-electron chi connectivity index (χ1n) is 7.55. The van der Waals surface area contributed by atoms with Crippen molar-refractivity contribution in [1.29, 1.82) is 0 Å². The molecule has 1 aromatic carbocycles. The number of hydrogen-bond donors (Lipinski definition) is 2. The van der Waals surface area contributed by atoms with E-state index >= 15 is 0 Å². The summed E-state index contributed by atoms with van der Waals surface area (Å²) >= 11 is 0. The van der Waals surface area contributed by atoms with E-state index < -0.39 is 0 Å². The third-order valence-corrected chi connectivity index (χ3v) is 4.83. The largest absolute Gasteiger partial charge is 0.373 e. The van der Waals surface area contributed by atoms with Crippen LogP contribution < -0.4 is 10.6 Å². The quantitative estimate of drug-likeness (QED) is 0.849. The lowest BCUT2D eigenvalue weighted by Crippen LogP contribution is -2.52. The van der Waals surface area contributed by atoms with Crippen molar-refractivity contribution in [2.45, 2.75) is 56.5 Å². The van der Waals surface area contributed by atoms with Crippen molar-refractivity contribution in [3.63, 3.8) is 0 Å². The molecule has 2 fully saturated rings. The van der Waals surface area contributed by atoms with Crippen LogP contribution in [-0.4, -0.2) is 30.2 Å². The fraction of sp³-hybridized carbons (Fsp3) is 0.562. The van der Waals surface area contributed by atoms with Crippen LogP contribution in [0.3, 0.4) is 0 Å². The molecule has 4 rings (SSSR count). The van der Waals surface area contributed by atoms with E-state index in [1.165, 1.54) is 11.1 Å². The number of rotatable bonds is 2. The second-order valence-electron chi connectivity index (χ2n) is 6.13. The first-order chi connectivity index (χ1) is 9.79. The maximum atomic E-state index is 12.4. The summed E-state index contributed by atoms with van der Waals surface area (Å²) in [6.07, 6.45) is 4.65. The van der Waals surface area contributed by atoms with Gasteiger partial charge in [0, 0.05) is 6.54 Å². The van der Waals surface area contributed by atoms with Crippen molar-refractivity contribution >= 4 is 5.91 Å². The normalized spacial score (nSPS) is 34.8. The molecule has 0 aromatic heterocycles. The summed E-state index contributed by atoms with van der Waals surface area (Å²) in [7, 11) is 0. The van der Waals surface area contributed by atoms with Crippen LogP contribution in [0.5, 0.6) is 0 Å². The first kappa shape index (κ1) is 12.4. The van der Waals surface area contributed by atoms with Gasteiger partial charge in [0.15, 0.2) is 0 Å². The number of hydrogen-bond acceptors (Lipinski definition) is 3. The first-order valence-corrected chi connectivity index (χ1v) is 7.55. The van der Waals surface area contributed by atoms with E-state index in [4.69, 9.17) is 4.74 Å². The van der Waals surface area contributed by atoms with Gasteiger partial charge in [-0.2, -0.15) is 0 Å². The Morgan fingerprint density at radius 2 is 2.10 bits per heavy atom. The molecule has 3 aliphatic rings. The van der Waals surface area contributed by atoms with Gasteiger partial charge < -0.3 is 15.4 Å². The Balaban J connectivity index is 1.40. The molecule has 20 heavy (non-hydrogen) atoms. The molecule has 0 saturated carbocycles. The highest BCUT2D eigenvalue weighted by Gasteiger charge is 2.42. The zero-order chi connectivity index (χ0) is 13.5. The molecular weight excluding hydrogens is 252 g/mol. The van der Waals surface area contributed by atoms with Crippen LogP contribution >= 0.6 is 0 Å². The summed E-state index contributed by atoms with van der Waals surface area (Å²) in [6, 6.07) is 8.46. The second kappa shape index (κ2) is 4.86. The topological polar surface area (TPSA) is 50.4 Å². The number of ether oxygens (including phenoxy) is 1. The van der Waals surface area contributed by atoms with E-state index in [1.54, 1.807) is 0 Å². The smallest absolute Gasteiger partial charge is 0.237 e. The predicted octanol–water partition coefficient (Wildman–Crippen LogP) is 1.14. The molecule has 0 aliphatic carbocycles. The minimum absolute atomic E-state index is 0.107.